The molecule has 2 aromatic rings. The summed E-state index contributed by atoms with van der Waals surface area (Å²) in [7, 11) is 0. The highest BCUT2D eigenvalue weighted by Gasteiger charge is 2.53. The number of amides is 2. The molecule has 178 valence electrons. The van der Waals surface area contributed by atoms with Gasteiger partial charge in [-0.25, -0.2) is 0 Å². The summed E-state index contributed by atoms with van der Waals surface area (Å²) in [6, 6.07) is 17.9. The first kappa shape index (κ1) is 23.7. The van der Waals surface area contributed by atoms with Crippen molar-refractivity contribution in [3.63, 3.8) is 0 Å². The molecule has 1 unspecified atom stereocenters. The SMILES string of the molecule is O=C(O)CNC(=O)C1C(=O)N(Cc2ccc(-c3ccccc3)cc2)CC2(CCCCCC2)C1=O. The van der Waals surface area contributed by atoms with Gasteiger partial charge in [-0.05, 0) is 29.5 Å². The van der Waals surface area contributed by atoms with Crippen molar-refractivity contribution in [1.29, 1.82) is 0 Å². The van der Waals surface area contributed by atoms with Gasteiger partial charge in [0.15, 0.2) is 11.7 Å². The second kappa shape index (κ2) is 10.2. The number of piperidine rings is 1. The lowest BCUT2D eigenvalue weighted by atomic mass is 9.68. The molecule has 7 nitrogen and oxygen atoms in total. The predicted molar refractivity (Wildman–Crippen MR) is 127 cm³/mol. The molecule has 1 aliphatic heterocycles. The lowest BCUT2D eigenvalue weighted by molar-refractivity contribution is -0.161. The van der Waals surface area contributed by atoms with Gasteiger partial charge in [-0.15, -0.1) is 0 Å². The number of carboxylic acid groups (broad SMARTS) is 1. The van der Waals surface area contributed by atoms with Crippen LogP contribution in [0.5, 0.6) is 0 Å². The van der Waals surface area contributed by atoms with Crippen LogP contribution >= 0.6 is 0 Å². The van der Waals surface area contributed by atoms with Crippen molar-refractivity contribution in [2.24, 2.45) is 11.3 Å². The molecule has 4 rings (SSSR count). The molecule has 1 saturated carbocycles. The van der Waals surface area contributed by atoms with Crippen LogP contribution < -0.4 is 5.32 Å². The number of nitrogens with one attached hydrogen (secondary N) is 1. The minimum atomic E-state index is -1.49. The summed E-state index contributed by atoms with van der Waals surface area (Å²) in [6.07, 6.45) is 5.10. The number of aliphatic carboxylic acids is 1. The van der Waals surface area contributed by atoms with E-state index in [9.17, 15) is 19.2 Å². The normalized spacial score (nSPS) is 20.1. The number of hydrogen-bond acceptors (Lipinski definition) is 4. The molecule has 2 aliphatic rings. The van der Waals surface area contributed by atoms with Gasteiger partial charge in [-0.3, -0.25) is 19.2 Å². The number of ketones is 1. The second-order valence-corrected chi connectivity index (χ2v) is 9.36. The van der Waals surface area contributed by atoms with Crippen molar-refractivity contribution in [2.45, 2.75) is 45.1 Å². The molecule has 1 atom stereocenters. The van der Waals surface area contributed by atoms with Gasteiger partial charge in [-0.2, -0.15) is 0 Å². The minimum Gasteiger partial charge on any atom is -0.480 e. The van der Waals surface area contributed by atoms with E-state index in [1.165, 1.54) is 0 Å². The number of hydrogen-bond donors (Lipinski definition) is 2. The third-order valence-electron chi connectivity index (χ3n) is 7.01. The third kappa shape index (κ3) is 5.03. The first-order valence-electron chi connectivity index (χ1n) is 11.9. The Morgan fingerprint density at radius 3 is 2.15 bits per heavy atom. The number of carbonyl (C=O) groups is 4. The third-order valence-corrected chi connectivity index (χ3v) is 7.01. The Balaban J connectivity index is 1.58. The van der Waals surface area contributed by atoms with Gasteiger partial charge in [0, 0.05) is 18.5 Å². The molecule has 34 heavy (non-hydrogen) atoms. The molecule has 1 heterocycles. The number of rotatable bonds is 6. The quantitative estimate of drug-likeness (QED) is 0.640. The van der Waals surface area contributed by atoms with Gasteiger partial charge in [0.25, 0.3) is 0 Å². The van der Waals surface area contributed by atoms with Gasteiger partial charge in [-0.1, -0.05) is 80.3 Å². The second-order valence-electron chi connectivity index (χ2n) is 9.36. The fourth-order valence-corrected chi connectivity index (χ4v) is 5.22. The highest BCUT2D eigenvalue weighted by atomic mass is 16.4. The maximum absolute atomic E-state index is 13.5. The Morgan fingerprint density at radius 1 is 0.912 bits per heavy atom. The van der Waals surface area contributed by atoms with Crippen molar-refractivity contribution in [3.05, 3.63) is 60.2 Å². The standard InChI is InChI=1S/C27H30N2O5/c30-22(31)16-28-25(33)23-24(32)27(14-6-1-2-7-15-27)18-29(26(23)34)17-19-10-12-21(13-11-19)20-8-4-3-5-9-20/h3-5,8-13,23H,1-2,6-7,14-18H2,(H,28,33)(H,30,31). The summed E-state index contributed by atoms with van der Waals surface area (Å²) < 4.78 is 0. The molecular weight excluding hydrogens is 432 g/mol. The number of likely N-dealkylation sites (tertiary alicyclic amines) is 1. The summed E-state index contributed by atoms with van der Waals surface area (Å²) in [5.74, 6) is -4.42. The van der Waals surface area contributed by atoms with Crippen LogP contribution in [-0.4, -0.2) is 46.7 Å². The van der Waals surface area contributed by atoms with Crippen LogP contribution in [0.4, 0.5) is 0 Å². The Hall–Kier alpha value is -3.48. The smallest absolute Gasteiger partial charge is 0.322 e. The molecule has 1 spiro atoms. The van der Waals surface area contributed by atoms with Gasteiger partial charge < -0.3 is 15.3 Å². The predicted octanol–water partition coefficient (Wildman–Crippen LogP) is 3.42. The zero-order valence-corrected chi connectivity index (χ0v) is 19.2. The summed E-state index contributed by atoms with van der Waals surface area (Å²) >= 11 is 0. The van der Waals surface area contributed by atoms with E-state index in [4.69, 9.17) is 5.11 Å². The van der Waals surface area contributed by atoms with Crippen LogP contribution in [0.3, 0.4) is 0 Å². The topological polar surface area (TPSA) is 104 Å². The summed E-state index contributed by atoms with van der Waals surface area (Å²) in [6.45, 7) is -0.0245. The van der Waals surface area contributed by atoms with Crippen LogP contribution in [0.15, 0.2) is 54.6 Å². The first-order valence-corrected chi connectivity index (χ1v) is 11.9. The molecular formula is C27H30N2O5. The van der Waals surface area contributed by atoms with Crippen molar-refractivity contribution >= 4 is 23.6 Å². The molecule has 1 saturated heterocycles. The molecule has 2 aromatic carbocycles. The molecule has 7 heteroatoms. The average molecular weight is 463 g/mol. The van der Waals surface area contributed by atoms with Crippen LogP contribution in [0, 0.1) is 11.3 Å². The monoisotopic (exact) mass is 462 g/mol. The van der Waals surface area contributed by atoms with Crippen LogP contribution in [-0.2, 0) is 25.7 Å². The molecule has 2 fully saturated rings. The molecule has 1 aliphatic carbocycles. The summed E-state index contributed by atoms with van der Waals surface area (Å²) in [4.78, 5) is 52.2. The lowest BCUT2D eigenvalue weighted by Gasteiger charge is -2.44. The van der Waals surface area contributed by atoms with Gasteiger partial charge >= 0.3 is 5.97 Å². The summed E-state index contributed by atoms with van der Waals surface area (Å²) in [5.41, 5.74) is 2.33. The minimum absolute atomic E-state index is 0.297. The van der Waals surface area contributed by atoms with E-state index >= 15 is 0 Å². The Bertz CT molecular complexity index is 1060. The maximum atomic E-state index is 13.5. The number of carboxylic acids is 1. The van der Waals surface area contributed by atoms with E-state index < -0.39 is 35.7 Å². The van der Waals surface area contributed by atoms with Gasteiger partial charge in [0.1, 0.15) is 6.54 Å². The molecule has 2 amide bonds. The van der Waals surface area contributed by atoms with Gasteiger partial charge in [0.05, 0.1) is 0 Å². The fraction of sp³-hybridized carbons (Fsp3) is 0.407. The molecule has 0 aromatic heterocycles. The van der Waals surface area contributed by atoms with E-state index in [-0.39, 0.29) is 5.78 Å². The van der Waals surface area contributed by atoms with E-state index in [0.29, 0.717) is 25.9 Å². The zero-order chi connectivity index (χ0) is 24.1. The Labute approximate surface area is 199 Å². The van der Waals surface area contributed by atoms with Crippen molar-refractivity contribution in [2.75, 3.05) is 13.1 Å². The Kier molecular flexibility index (Phi) is 7.10. The zero-order valence-electron chi connectivity index (χ0n) is 19.2. The maximum Gasteiger partial charge on any atom is 0.322 e. The van der Waals surface area contributed by atoms with Crippen molar-refractivity contribution in [3.8, 4) is 11.1 Å². The van der Waals surface area contributed by atoms with E-state index in [0.717, 1.165) is 42.4 Å². The molecule has 0 bridgehead atoms. The molecule has 0 radical (unpaired) electrons. The highest BCUT2D eigenvalue weighted by molar-refractivity contribution is 6.21. The van der Waals surface area contributed by atoms with Crippen molar-refractivity contribution < 1.29 is 24.3 Å². The van der Waals surface area contributed by atoms with E-state index in [2.05, 4.69) is 5.32 Å². The number of carbonyl (C=O) groups excluding carboxylic acids is 3. The van der Waals surface area contributed by atoms with Crippen LogP contribution in [0.2, 0.25) is 0 Å². The number of nitrogens with zero attached hydrogens (tertiary/aromatic N) is 1. The van der Waals surface area contributed by atoms with Crippen LogP contribution in [0.25, 0.3) is 11.1 Å². The van der Waals surface area contributed by atoms with E-state index in [1.807, 2.05) is 54.6 Å². The fourth-order valence-electron chi connectivity index (χ4n) is 5.22. The largest absolute Gasteiger partial charge is 0.480 e. The van der Waals surface area contributed by atoms with Gasteiger partial charge in [0.2, 0.25) is 11.8 Å². The number of Topliss-reactive ketones (excluding diaryl/α,β-unsaturated/α-hetero) is 1. The van der Waals surface area contributed by atoms with Crippen molar-refractivity contribution in [1.82, 2.24) is 10.2 Å². The highest BCUT2D eigenvalue weighted by Crippen LogP contribution is 2.42. The Morgan fingerprint density at radius 2 is 1.53 bits per heavy atom. The number of benzene rings is 2. The van der Waals surface area contributed by atoms with E-state index in [1.54, 1.807) is 4.90 Å². The van der Waals surface area contributed by atoms with Crippen LogP contribution in [0.1, 0.15) is 44.1 Å². The molecule has 2 N–H and O–H groups in total. The lowest BCUT2D eigenvalue weighted by Crippen LogP contribution is -2.60. The summed E-state index contributed by atoms with van der Waals surface area (Å²) in [5, 5.41) is 11.2. The first-order chi connectivity index (χ1) is 16.4. The average Bonchev–Trinajstić information content (AvgIpc) is 3.09.